The van der Waals surface area contributed by atoms with Gasteiger partial charge in [-0.15, -0.1) is 10.2 Å². The summed E-state index contributed by atoms with van der Waals surface area (Å²) in [7, 11) is 0. The van der Waals surface area contributed by atoms with Gasteiger partial charge in [-0.05, 0) is 19.1 Å². The molecule has 1 saturated heterocycles. The number of hydrogen-bond donors (Lipinski definition) is 1. The van der Waals surface area contributed by atoms with E-state index in [9.17, 15) is 9.59 Å². The Morgan fingerprint density at radius 1 is 1.33 bits per heavy atom. The van der Waals surface area contributed by atoms with Gasteiger partial charge in [0.15, 0.2) is 11.5 Å². The van der Waals surface area contributed by atoms with E-state index in [2.05, 4.69) is 15.5 Å². The first-order valence-corrected chi connectivity index (χ1v) is 6.09. The second-order valence-corrected chi connectivity index (χ2v) is 4.16. The van der Waals surface area contributed by atoms with Crippen LogP contribution in [0.4, 0.5) is 5.82 Å². The Morgan fingerprint density at radius 3 is 2.61 bits per heavy atom. The smallest absolute Gasteiger partial charge is 0.271 e. The number of rotatable bonds is 3. The molecule has 1 aromatic heterocycles. The lowest BCUT2D eigenvalue weighted by molar-refractivity contribution is -0.119. The maximum atomic E-state index is 11.5. The Hall–Kier alpha value is -1.98. The van der Waals surface area contributed by atoms with Gasteiger partial charge < -0.3 is 10.2 Å². The summed E-state index contributed by atoms with van der Waals surface area (Å²) in [4.78, 5) is 24.7. The van der Waals surface area contributed by atoms with E-state index in [1.165, 1.54) is 0 Å². The van der Waals surface area contributed by atoms with Gasteiger partial charge in [0.2, 0.25) is 0 Å². The highest BCUT2D eigenvalue weighted by Gasteiger charge is 2.18. The predicted molar refractivity (Wildman–Crippen MR) is 66.5 cm³/mol. The van der Waals surface area contributed by atoms with Gasteiger partial charge in [0.25, 0.3) is 5.91 Å². The van der Waals surface area contributed by atoms with Crippen molar-refractivity contribution in [1.29, 1.82) is 0 Å². The van der Waals surface area contributed by atoms with E-state index in [1.807, 2.05) is 11.8 Å². The van der Waals surface area contributed by atoms with E-state index < -0.39 is 0 Å². The number of carbonyl (C=O) groups excluding carboxylic acids is 2. The molecule has 1 amide bonds. The third-order valence-electron chi connectivity index (χ3n) is 2.87. The molecule has 0 spiro atoms. The van der Waals surface area contributed by atoms with Crippen LogP contribution >= 0.6 is 0 Å². The highest BCUT2D eigenvalue weighted by Crippen LogP contribution is 2.14. The monoisotopic (exact) mass is 248 g/mol. The molecule has 0 aromatic carbocycles. The van der Waals surface area contributed by atoms with Gasteiger partial charge in [-0.2, -0.15) is 0 Å². The zero-order valence-corrected chi connectivity index (χ0v) is 10.3. The van der Waals surface area contributed by atoms with Gasteiger partial charge in [0, 0.05) is 32.5 Å². The molecule has 18 heavy (non-hydrogen) atoms. The quantitative estimate of drug-likeness (QED) is 0.837. The van der Waals surface area contributed by atoms with Gasteiger partial charge >= 0.3 is 0 Å². The molecular formula is C12H16N4O2. The first-order valence-electron chi connectivity index (χ1n) is 6.09. The van der Waals surface area contributed by atoms with Crippen molar-refractivity contribution in [3.63, 3.8) is 0 Å². The van der Waals surface area contributed by atoms with E-state index in [4.69, 9.17) is 0 Å². The highest BCUT2D eigenvalue weighted by molar-refractivity contribution is 5.92. The summed E-state index contributed by atoms with van der Waals surface area (Å²) < 4.78 is 0. The fourth-order valence-corrected chi connectivity index (χ4v) is 1.85. The van der Waals surface area contributed by atoms with Crippen molar-refractivity contribution in [1.82, 2.24) is 15.5 Å². The van der Waals surface area contributed by atoms with E-state index >= 15 is 0 Å². The fraction of sp³-hybridized carbons (Fsp3) is 0.500. The zero-order chi connectivity index (χ0) is 13.0. The third kappa shape index (κ3) is 2.82. The van der Waals surface area contributed by atoms with Crippen molar-refractivity contribution < 1.29 is 9.59 Å². The van der Waals surface area contributed by atoms with Gasteiger partial charge in [-0.1, -0.05) is 0 Å². The number of carbonyl (C=O) groups is 2. The maximum absolute atomic E-state index is 11.5. The minimum absolute atomic E-state index is 0.217. The van der Waals surface area contributed by atoms with Crippen LogP contribution in [0.5, 0.6) is 0 Å². The minimum Gasteiger partial charge on any atom is -0.354 e. The lowest BCUT2D eigenvalue weighted by atomic mass is 10.1. The largest absolute Gasteiger partial charge is 0.354 e. The Bertz CT molecular complexity index is 434. The molecule has 6 heteroatoms. The van der Waals surface area contributed by atoms with Crippen molar-refractivity contribution in [2.75, 3.05) is 24.5 Å². The zero-order valence-electron chi connectivity index (χ0n) is 10.3. The van der Waals surface area contributed by atoms with Crippen LogP contribution in [-0.2, 0) is 4.79 Å². The van der Waals surface area contributed by atoms with Gasteiger partial charge in [-0.3, -0.25) is 9.59 Å². The van der Waals surface area contributed by atoms with Crippen LogP contribution in [0.25, 0.3) is 0 Å². The molecule has 1 N–H and O–H groups in total. The van der Waals surface area contributed by atoms with Crippen molar-refractivity contribution in [3.05, 3.63) is 17.8 Å². The highest BCUT2D eigenvalue weighted by atomic mass is 16.2. The van der Waals surface area contributed by atoms with E-state index in [-0.39, 0.29) is 11.7 Å². The van der Waals surface area contributed by atoms with Crippen LogP contribution in [-0.4, -0.2) is 41.5 Å². The SMILES string of the molecule is CCNC(=O)c1ccc(N2CCC(=O)CC2)nn1. The molecule has 0 saturated carbocycles. The molecular weight excluding hydrogens is 232 g/mol. The number of anilines is 1. The Balaban J connectivity index is 2.03. The molecule has 0 bridgehead atoms. The summed E-state index contributed by atoms with van der Waals surface area (Å²) in [5.74, 6) is 0.791. The summed E-state index contributed by atoms with van der Waals surface area (Å²) in [6.07, 6.45) is 1.11. The van der Waals surface area contributed by atoms with Crippen LogP contribution < -0.4 is 10.2 Å². The predicted octanol–water partition coefficient (Wildman–Crippen LogP) is 0.396. The summed E-state index contributed by atoms with van der Waals surface area (Å²) in [5, 5.41) is 10.6. The summed E-state index contributed by atoms with van der Waals surface area (Å²) in [6, 6.07) is 3.43. The van der Waals surface area contributed by atoms with E-state index in [0.29, 0.717) is 38.2 Å². The Morgan fingerprint density at radius 2 is 2.06 bits per heavy atom. The minimum atomic E-state index is -0.217. The molecule has 1 fully saturated rings. The first-order chi connectivity index (χ1) is 8.70. The number of Topliss-reactive ketones (excluding diaryl/α,β-unsaturated/α-hetero) is 1. The van der Waals surface area contributed by atoms with Crippen LogP contribution in [0, 0.1) is 0 Å². The second-order valence-electron chi connectivity index (χ2n) is 4.16. The number of nitrogens with zero attached hydrogens (tertiary/aromatic N) is 3. The second kappa shape index (κ2) is 5.57. The molecule has 0 unspecified atom stereocenters. The molecule has 96 valence electrons. The van der Waals surface area contributed by atoms with E-state index in [1.54, 1.807) is 12.1 Å². The van der Waals surface area contributed by atoms with Crippen molar-refractivity contribution in [2.24, 2.45) is 0 Å². The van der Waals surface area contributed by atoms with Crippen LogP contribution in [0.15, 0.2) is 12.1 Å². The molecule has 2 rings (SSSR count). The molecule has 2 heterocycles. The first kappa shape index (κ1) is 12.5. The van der Waals surface area contributed by atoms with Crippen molar-refractivity contribution in [3.8, 4) is 0 Å². The Labute approximate surface area is 105 Å². The standard InChI is InChI=1S/C12H16N4O2/c1-2-13-12(18)10-3-4-11(15-14-10)16-7-5-9(17)6-8-16/h3-4H,2,5-8H2,1H3,(H,13,18). The molecule has 0 atom stereocenters. The van der Waals surface area contributed by atoms with Gasteiger partial charge in [-0.25, -0.2) is 0 Å². The summed E-state index contributed by atoms with van der Waals surface area (Å²) >= 11 is 0. The lowest BCUT2D eigenvalue weighted by Gasteiger charge is -2.26. The van der Waals surface area contributed by atoms with Gasteiger partial charge in [0.05, 0.1) is 0 Å². The fourth-order valence-electron chi connectivity index (χ4n) is 1.85. The summed E-state index contributed by atoms with van der Waals surface area (Å²) in [6.45, 7) is 3.77. The number of hydrogen-bond acceptors (Lipinski definition) is 5. The number of aromatic nitrogens is 2. The molecule has 6 nitrogen and oxygen atoms in total. The molecule has 0 aliphatic carbocycles. The van der Waals surface area contributed by atoms with Gasteiger partial charge in [0.1, 0.15) is 5.78 Å². The van der Waals surface area contributed by atoms with Crippen molar-refractivity contribution >= 4 is 17.5 Å². The lowest BCUT2D eigenvalue weighted by Crippen LogP contribution is -2.34. The number of amides is 1. The average molecular weight is 248 g/mol. The number of nitrogens with one attached hydrogen (secondary N) is 1. The molecule has 0 radical (unpaired) electrons. The number of ketones is 1. The normalized spacial score (nSPS) is 15.6. The summed E-state index contributed by atoms with van der Waals surface area (Å²) in [5.41, 5.74) is 0.314. The van der Waals surface area contributed by atoms with E-state index in [0.717, 1.165) is 5.82 Å². The average Bonchev–Trinajstić information content (AvgIpc) is 2.40. The maximum Gasteiger partial charge on any atom is 0.271 e. The molecule has 1 aromatic rings. The topological polar surface area (TPSA) is 75.2 Å². The van der Waals surface area contributed by atoms with Crippen LogP contribution in [0.2, 0.25) is 0 Å². The third-order valence-corrected chi connectivity index (χ3v) is 2.87. The Kier molecular flexibility index (Phi) is 3.86. The van der Waals surface area contributed by atoms with Crippen LogP contribution in [0.1, 0.15) is 30.3 Å². The molecule has 1 aliphatic rings. The molecule has 1 aliphatic heterocycles. The van der Waals surface area contributed by atoms with Crippen molar-refractivity contribution in [2.45, 2.75) is 19.8 Å². The van der Waals surface area contributed by atoms with Crippen LogP contribution in [0.3, 0.4) is 0 Å². The number of piperidine rings is 1.